The van der Waals surface area contributed by atoms with Crippen LogP contribution in [0.15, 0.2) is 52.4 Å². The molecule has 2 aliphatic rings. The first-order valence-corrected chi connectivity index (χ1v) is 9.68. The third-order valence-electron chi connectivity index (χ3n) is 5.17. The predicted molar refractivity (Wildman–Crippen MR) is 95.8 cm³/mol. The zero-order valence-corrected chi connectivity index (χ0v) is 14.6. The van der Waals surface area contributed by atoms with Gasteiger partial charge in [-0.25, -0.2) is 8.42 Å². The zero-order valence-electron chi connectivity index (χ0n) is 13.7. The quantitative estimate of drug-likeness (QED) is 0.647. The maximum absolute atomic E-state index is 13.2. The molecule has 1 amide bonds. The van der Waals surface area contributed by atoms with Gasteiger partial charge in [-0.15, -0.1) is 0 Å². The highest BCUT2D eigenvalue weighted by atomic mass is 32.2. The monoisotopic (exact) mass is 374 g/mol. The van der Waals surface area contributed by atoms with Gasteiger partial charge in [0, 0.05) is 6.54 Å². The highest BCUT2D eigenvalue weighted by Gasteiger charge is 2.60. The van der Waals surface area contributed by atoms with Crippen molar-refractivity contribution in [1.82, 2.24) is 4.90 Å². The highest BCUT2D eigenvalue weighted by Crippen LogP contribution is 2.35. The fraction of sp³-hybridized carbons (Fsp3) is 0.294. The van der Waals surface area contributed by atoms with Gasteiger partial charge in [0.25, 0.3) is 0 Å². The maximum atomic E-state index is 13.2. The lowest BCUT2D eigenvalue weighted by molar-refractivity contribution is -0.155. The number of fused-ring (bicyclic) bond motifs is 2. The van der Waals surface area contributed by atoms with Gasteiger partial charge < -0.3 is 21.5 Å². The number of guanidine groups is 1. The second-order valence-corrected chi connectivity index (χ2v) is 8.73. The first-order chi connectivity index (χ1) is 12.3. The topological polar surface area (TPSA) is 139 Å². The Labute approximate surface area is 150 Å². The Kier molecular flexibility index (Phi) is 3.59. The minimum atomic E-state index is -3.88. The Morgan fingerprint density at radius 1 is 1.19 bits per heavy atom. The summed E-state index contributed by atoms with van der Waals surface area (Å²) in [7, 11) is -3.88. The van der Waals surface area contributed by atoms with E-state index in [-0.39, 0.29) is 23.8 Å². The molecule has 0 aromatic heterocycles. The average Bonchev–Trinajstić information content (AvgIpc) is 2.85. The van der Waals surface area contributed by atoms with Crippen molar-refractivity contribution in [3.05, 3.63) is 42.5 Å². The number of hydrogen-bond donors (Lipinski definition) is 3. The van der Waals surface area contributed by atoms with Crippen LogP contribution in [0, 0.1) is 0 Å². The number of hydrogen-bond acceptors (Lipinski definition) is 7. The van der Waals surface area contributed by atoms with Crippen LogP contribution in [0.3, 0.4) is 0 Å². The Morgan fingerprint density at radius 3 is 2.62 bits per heavy atom. The number of aliphatic imine (C=N–C) groups is 1. The molecule has 9 heteroatoms. The number of nitrogens with two attached hydrogens (primary N) is 2. The van der Waals surface area contributed by atoms with Crippen LogP contribution in [0.5, 0.6) is 0 Å². The molecular formula is C17H18N4O4S. The number of carbonyl (C=O) groups is 1. The van der Waals surface area contributed by atoms with E-state index in [9.17, 15) is 18.3 Å². The average molecular weight is 374 g/mol. The van der Waals surface area contributed by atoms with E-state index in [1.807, 2.05) is 24.3 Å². The summed E-state index contributed by atoms with van der Waals surface area (Å²) in [5.41, 5.74) is 9.49. The summed E-state index contributed by atoms with van der Waals surface area (Å²) in [6.07, 6.45) is 0.127. The van der Waals surface area contributed by atoms with Crippen LogP contribution < -0.4 is 11.5 Å². The normalized spacial score (nSPS) is 28.9. The Balaban J connectivity index is 1.75. The predicted octanol–water partition coefficient (Wildman–Crippen LogP) is -0.441. The minimum Gasteiger partial charge on any atom is -0.369 e. The summed E-state index contributed by atoms with van der Waals surface area (Å²) in [6, 6.07) is 10.8. The van der Waals surface area contributed by atoms with E-state index in [2.05, 4.69) is 4.99 Å². The van der Waals surface area contributed by atoms with Crippen molar-refractivity contribution < 1.29 is 18.3 Å². The molecule has 136 valence electrons. The number of rotatable bonds is 2. The van der Waals surface area contributed by atoms with Crippen molar-refractivity contribution in [1.29, 1.82) is 0 Å². The molecule has 2 heterocycles. The van der Waals surface area contributed by atoms with E-state index < -0.39 is 32.8 Å². The fourth-order valence-electron chi connectivity index (χ4n) is 3.71. The molecule has 1 fully saturated rings. The van der Waals surface area contributed by atoms with E-state index in [0.717, 1.165) is 10.8 Å². The number of nitrogens with zero attached hydrogens (tertiary/aromatic N) is 2. The van der Waals surface area contributed by atoms with Crippen LogP contribution in [0.25, 0.3) is 10.8 Å². The summed E-state index contributed by atoms with van der Waals surface area (Å²) in [5, 5.41) is 11.3. The summed E-state index contributed by atoms with van der Waals surface area (Å²) in [4.78, 5) is 16.9. The van der Waals surface area contributed by atoms with Crippen molar-refractivity contribution in [2.75, 3.05) is 6.54 Å². The molecule has 0 spiro atoms. The third kappa shape index (κ3) is 2.17. The van der Waals surface area contributed by atoms with Crippen LogP contribution in [0.4, 0.5) is 0 Å². The van der Waals surface area contributed by atoms with Gasteiger partial charge in [0.15, 0.2) is 9.84 Å². The van der Waals surface area contributed by atoms with Crippen LogP contribution in [-0.2, 0) is 14.6 Å². The first kappa shape index (κ1) is 17.0. The van der Waals surface area contributed by atoms with Crippen molar-refractivity contribution in [3.8, 4) is 0 Å². The lowest BCUT2D eigenvalue weighted by Crippen LogP contribution is -2.71. The lowest BCUT2D eigenvalue weighted by atomic mass is 9.93. The minimum absolute atomic E-state index is 0.0722. The second kappa shape index (κ2) is 5.50. The van der Waals surface area contributed by atoms with Crippen LogP contribution in [-0.4, -0.2) is 53.9 Å². The molecule has 2 aromatic rings. The van der Waals surface area contributed by atoms with Crippen LogP contribution in [0.2, 0.25) is 0 Å². The lowest BCUT2D eigenvalue weighted by Gasteiger charge is -2.44. The molecule has 3 unspecified atom stereocenters. The molecule has 0 bridgehead atoms. The van der Waals surface area contributed by atoms with Crippen molar-refractivity contribution in [2.24, 2.45) is 16.5 Å². The van der Waals surface area contributed by atoms with Gasteiger partial charge in [-0.3, -0.25) is 4.79 Å². The number of piperidine rings is 1. The summed E-state index contributed by atoms with van der Waals surface area (Å²) >= 11 is 0. The smallest absolute Gasteiger partial charge is 0.303 e. The van der Waals surface area contributed by atoms with Gasteiger partial charge in [0.05, 0.1) is 16.2 Å². The molecule has 8 nitrogen and oxygen atoms in total. The van der Waals surface area contributed by atoms with Crippen molar-refractivity contribution in [2.45, 2.75) is 28.3 Å². The maximum Gasteiger partial charge on any atom is 0.303 e. The van der Waals surface area contributed by atoms with Gasteiger partial charge >= 0.3 is 5.91 Å². The molecule has 5 N–H and O–H groups in total. The standard InChI is InChI=1S/C17H18N4O4S/c18-14-13(7-8-21-16(19)20-15(22)17(14,21)23)26(24,25)12-6-5-10-3-1-2-4-11(10)9-12/h1-6,9,13-14,23H,7-8,18H2,(H2,19,20,22). The van der Waals surface area contributed by atoms with E-state index in [1.165, 1.54) is 11.0 Å². The first-order valence-electron chi connectivity index (χ1n) is 8.13. The molecule has 2 aromatic carbocycles. The highest BCUT2D eigenvalue weighted by molar-refractivity contribution is 7.92. The molecule has 3 atom stereocenters. The summed E-state index contributed by atoms with van der Waals surface area (Å²) < 4.78 is 26.3. The second-order valence-electron chi connectivity index (χ2n) is 6.56. The molecule has 0 aliphatic carbocycles. The van der Waals surface area contributed by atoms with Gasteiger partial charge in [-0.05, 0) is 29.3 Å². The van der Waals surface area contributed by atoms with E-state index >= 15 is 0 Å². The molecule has 4 rings (SSSR count). The largest absolute Gasteiger partial charge is 0.369 e. The van der Waals surface area contributed by atoms with Gasteiger partial charge in [-0.2, -0.15) is 4.99 Å². The molecule has 1 saturated heterocycles. The molecule has 2 aliphatic heterocycles. The summed E-state index contributed by atoms with van der Waals surface area (Å²) in [5.74, 6) is -1.07. The Morgan fingerprint density at radius 2 is 1.88 bits per heavy atom. The van der Waals surface area contributed by atoms with E-state index in [1.54, 1.807) is 12.1 Å². The number of benzene rings is 2. The Bertz CT molecular complexity index is 1050. The number of aliphatic hydroxyl groups is 1. The number of amides is 1. The zero-order chi connectivity index (χ0) is 18.7. The third-order valence-corrected chi connectivity index (χ3v) is 7.41. The van der Waals surface area contributed by atoms with Crippen molar-refractivity contribution >= 4 is 32.5 Å². The summed E-state index contributed by atoms with van der Waals surface area (Å²) in [6.45, 7) is 0.0722. The molecular weight excluding hydrogens is 356 g/mol. The van der Waals surface area contributed by atoms with Gasteiger partial charge in [0.1, 0.15) is 0 Å². The van der Waals surface area contributed by atoms with E-state index in [0.29, 0.717) is 0 Å². The van der Waals surface area contributed by atoms with Gasteiger partial charge in [0.2, 0.25) is 11.7 Å². The fourth-order valence-corrected chi connectivity index (χ4v) is 5.60. The Hall–Kier alpha value is -2.49. The van der Waals surface area contributed by atoms with E-state index in [4.69, 9.17) is 11.5 Å². The van der Waals surface area contributed by atoms with Crippen molar-refractivity contribution in [3.63, 3.8) is 0 Å². The van der Waals surface area contributed by atoms with Crippen LogP contribution >= 0.6 is 0 Å². The SMILES string of the molecule is NC1=NC(=O)C2(O)C(N)C(S(=O)(=O)c3ccc4ccccc4c3)CCN12. The van der Waals surface area contributed by atoms with Crippen LogP contribution in [0.1, 0.15) is 6.42 Å². The van der Waals surface area contributed by atoms with Gasteiger partial charge in [-0.1, -0.05) is 30.3 Å². The number of sulfone groups is 1. The number of carbonyl (C=O) groups excluding carboxylic acids is 1. The molecule has 0 saturated carbocycles. The molecule has 0 radical (unpaired) electrons. The molecule has 26 heavy (non-hydrogen) atoms.